The van der Waals surface area contributed by atoms with E-state index in [2.05, 4.69) is 10.5 Å². The number of nitrogens with zero attached hydrogens (tertiary/aromatic N) is 1. The minimum absolute atomic E-state index is 0.171. The van der Waals surface area contributed by atoms with Gasteiger partial charge in [0.25, 0.3) is 5.91 Å². The Balaban J connectivity index is 1.43. The molecule has 3 aromatic carbocycles. The summed E-state index contributed by atoms with van der Waals surface area (Å²) in [5, 5.41) is 4.63. The van der Waals surface area contributed by atoms with Crippen LogP contribution >= 0.6 is 11.6 Å². The smallest absolute Gasteiger partial charge is 0.277 e. The summed E-state index contributed by atoms with van der Waals surface area (Å²) in [7, 11) is 1.54. The fourth-order valence-electron chi connectivity index (χ4n) is 2.49. The Morgan fingerprint density at radius 3 is 2.37 bits per heavy atom. The number of hydrogen-bond donors (Lipinski definition) is 1. The molecule has 3 aromatic rings. The first-order valence-electron chi connectivity index (χ1n) is 9.19. The van der Waals surface area contributed by atoms with Crippen molar-refractivity contribution in [3.05, 3.63) is 88.9 Å². The number of carbonyl (C=O) groups is 1. The highest BCUT2D eigenvalue weighted by Gasteiger charge is 2.06. The Kier molecular flexibility index (Phi) is 7.69. The molecule has 0 aliphatic heterocycles. The van der Waals surface area contributed by atoms with Crippen LogP contribution < -0.4 is 19.6 Å². The molecule has 7 heteroatoms. The van der Waals surface area contributed by atoms with Gasteiger partial charge in [0.1, 0.15) is 12.4 Å². The Morgan fingerprint density at radius 2 is 1.67 bits per heavy atom. The Morgan fingerprint density at radius 1 is 0.967 bits per heavy atom. The van der Waals surface area contributed by atoms with Crippen LogP contribution in [0.4, 0.5) is 0 Å². The first-order valence-corrected chi connectivity index (χ1v) is 9.57. The van der Waals surface area contributed by atoms with Gasteiger partial charge in [0, 0.05) is 5.02 Å². The number of benzene rings is 3. The normalized spacial score (nSPS) is 10.6. The molecule has 1 amide bonds. The zero-order valence-corrected chi connectivity index (χ0v) is 17.1. The molecule has 3 rings (SSSR count). The molecule has 30 heavy (non-hydrogen) atoms. The van der Waals surface area contributed by atoms with E-state index in [1.54, 1.807) is 31.5 Å². The van der Waals surface area contributed by atoms with Gasteiger partial charge in [-0.3, -0.25) is 4.79 Å². The van der Waals surface area contributed by atoms with Crippen LogP contribution in [0.15, 0.2) is 77.9 Å². The van der Waals surface area contributed by atoms with Crippen LogP contribution in [0.25, 0.3) is 0 Å². The van der Waals surface area contributed by atoms with Gasteiger partial charge in [0.15, 0.2) is 18.1 Å². The van der Waals surface area contributed by atoms with Crippen molar-refractivity contribution in [3.63, 3.8) is 0 Å². The van der Waals surface area contributed by atoms with Gasteiger partial charge in [0.05, 0.1) is 13.3 Å². The predicted molar refractivity (Wildman–Crippen MR) is 116 cm³/mol. The molecule has 0 aliphatic carbocycles. The third-order valence-corrected chi connectivity index (χ3v) is 4.28. The van der Waals surface area contributed by atoms with Crippen molar-refractivity contribution in [1.29, 1.82) is 0 Å². The lowest BCUT2D eigenvalue weighted by Crippen LogP contribution is -2.24. The quantitative estimate of drug-likeness (QED) is 0.407. The van der Waals surface area contributed by atoms with Gasteiger partial charge in [-0.1, -0.05) is 35.9 Å². The molecule has 154 valence electrons. The number of nitrogens with one attached hydrogen (secondary N) is 1. The first kappa shape index (κ1) is 21.2. The molecule has 0 bridgehead atoms. The molecular weight excluding hydrogens is 404 g/mol. The van der Waals surface area contributed by atoms with E-state index in [1.807, 2.05) is 54.6 Å². The highest BCUT2D eigenvalue weighted by Crippen LogP contribution is 2.25. The number of amides is 1. The van der Waals surface area contributed by atoms with Crippen molar-refractivity contribution < 1.29 is 19.0 Å². The second kappa shape index (κ2) is 10.9. The van der Waals surface area contributed by atoms with E-state index in [4.69, 9.17) is 25.8 Å². The lowest BCUT2D eigenvalue weighted by molar-refractivity contribution is -0.123. The number of hydrogen-bond acceptors (Lipinski definition) is 5. The van der Waals surface area contributed by atoms with Gasteiger partial charge in [-0.15, -0.1) is 0 Å². The minimum atomic E-state index is -0.375. The fourth-order valence-corrected chi connectivity index (χ4v) is 2.62. The molecule has 0 heterocycles. The fraction of sp³-hybridized carbons (Fsp3) is 0.130. The van der Waals surface area contributed by atoms with Crippen molar-refractivity contribution in [2.24, 2.45) is 5.10 Å². The monoisotopic (exact) mass is 424 g/mol. The van der Waals surface area contributed by atoms with Gasteiger partial charge >= 0.3 is 0 Å². The molecule has 0 saturated carbocycles. The largest absolute Gasteiger partial charge is 0.493 e. The maximum absolute atomic E-state index is 11.9. The zero-order valence-electron chi connectivity index (χ0n) is 16.4. The molecule has 1 N–H and O–H groups in total. The molecule has 0 fully saturated rings. The number of halogens is 1. The zero-order chi connectivity index (χ0) is 21.2. The lowest BCUT2D eigenvalue weighted by atomic mass is 10.2. The number of hydrazone groups is 1. The van der Waals surface area contributed by atoms with Crippen molar-refractivity contribution >= 4 is 23.7 Å². The topological polar surface area (TPSA) is 69.2 Å². The number of para-hydroxylation sites is 2. The molecule has 0 atom stereocenters. The predicted octanol–water partition coefficient (Wildman–Crippen LogP) is 4.46. The van der Waals surface area contributed by atoms with Crippen LogP contribution in [0.2, 0.25) is 5.02 Å². The van der Waals surface area contributed by atoms with Gasteiger partial charge in [0.2, 0.25) is 0 Å². The van der Waals surface area contributed by atoms with Crippen molar-refractivity contribution in [3.8, 4) is 17.2 Å². The highest BCUT2D eigenvalue weighted by atomic mass is 35.5. The standard InChI is InChI=1S/C23H21ClN2O4/c1-28-21-4-2-3-5-22(21)30-16-23(27)26-25-14-17-8-12-20(13-9-17)29-15-18-6-10-19(24)11-7-18/h2-14H,15-16H2,1H3,(H,26,27)/b25-14+. The van der Waals surface area contributed by atoms with Gasteiger partial charge in [-0.25, -0.2) is 5.43 Å². The molecule has 0 aromatic heterocycles. The van der Waals surface area contributed by atoms with Crippen LogP contribution in [0, 0.1) is 0 Å². The summed E-state index contributed by atoms with van der Waals surface area (Å²) in [6.07, 6.45) is 1.55. The second-order valence-corrected chi connectivity index (χ2v) is 6.65. The van der Waals surface area contributed by atoms with Crippen LogP contribution in [0.3, 0.4) is 0 Å². The molecule has 0 aliphatic rings. The summed E-state index contributed by atoms with van der Waals surface area (Å²) < 4.78 is 16.4. The maximum atomic E-state index is 11.9. The Hall–Kier alpha value is -3.51. The van der Waals surface area contributed by atoms with Crippen molar-refractivity contribution in [2.45, 2.75) is 6.61 Å². The van der Waals surface area contributed by atoms with Gasteiger partial charge < -0.3 is 14.2 Å². The summed E-state index contributed by atoms with van der Waals surface area (Å²) in [5.74, 6) is 1.41. The molecule has 0 spiro atoms. The lowest BCUT2D eigenvalue weighted by Gasteiger charge is -2.09. The molecule has 6 nitrogen and oxygen atoms in total. The van der Waals surface area contributed by atoms with Gasteiger partial charge in [-0.2, -0.15) is 5.10 Å². The average Bonchev–Trinajstić information content (AvgIpc) is 2.78. The summed E-state index contributed by atoms with van der Waals surface area (Å²) in [6.45, 7) is 0.280. The number of ether oxygens (including phenoxy) is 3. The average molecular weight is 425 g/mol. The molecular formula is C23H21ClN2O4. The van der Waals surface area contributed by atoms with E-state index in [9.17, 15) is 4.79 Å². The highest BCUT2D eigenvalue weighted by molar-refractivity contribution is 6.30. The van der Waals surface area contributed by atoms with Crippen LogP contribution in [0.5, 0.6) is 17.2 Å². The van der Waals surface area contributed by atoms with Crippen molar-refractivity contribution in [1.82, 2.24) is 5.43 Å². The third-order valence-electron chi connectivity index (χ3n) is 4.03. The summed E-state index contributed by atoms with van der Waals surface area (Å²) >= 11 is 5.87. The summed E-state index contributed by atoms with van der Waals surface area (Å²) in [6, 6.07) is 22.0. The van der Waals surface area contributed by atoms with Crippen LogP contribution in [-0.4, -0.2) is 25.8 Å². The third kappa shape index (κ3) is 6.53. The minimum Gasteiger partial charge on any atom is -0.493 e. The number of carbonyl (C=O) groups excluding carboxylic acids is 1. The first-order chi connectivity index (χ1) is 14.6. The molecule has 0 saturated heterocycles. The van der Waals surface area contributed by atoms with E-state index in [0.717, 1.165) is 16.9 Å². The van der Waals surface area contributed by atoms with Crippen molar-refractivity contribution in [2.75, 3.05) is 13.7 Å². The van der Waals surface area contributed by atoms with E-state index in [0.29, 0.717) is 23.1 Å². The second-order valence-electron chi connectivity index (χ2n) is 6.22. The van der Waals surface area contributed by atoms with E-state index >= 15 is 0 Å². The van der Waals surface area contributed by atoms with Gasteiger partial charge in [-0.05, 0) is 59.7 Å². The number of rotatable bonds is 9. The molecule has 0 radical (unpaired) electrons. The Bertz CT molecular complexity index is 989. The molecule has 0 unspecified atom stereocenters. The summed E-state index contributed by atoms with van der Waals surface area (Å²) in [5.41, 5.74) is 4.28. The summed E-state index contributed by atoms with van der Waals surface area (Å²) in [4.78, 5) is 11.9. The van der Waals surface area contributed by atoms with E-state index < -0.39 is 0 Å². The SMILES string of the molecule is COc1ccccc1OCC(=O)N/N=C/c1ccc(OCc2ccc(Cl)cc2)cc1. The van der Waals surface area contributed by atoms with E-state index in [-0.39, 0.29) is 12.5 Å². The van der Waals surface area contributed by atoms with Crippen LogP contribution in [0.1, 0.15) is 11.1 Å². The Labute approximate surface area is 180 Å². The maximum Gasteiger partial charge on any atom is 0.277 e. The number of methoxy groups -OCH3 is 1. The van der Waals surface area contributed by atoms with Crippen LogP contribution in [-0.2, 0) is 11.4 Å². The van der Waals surface area contributed by atoms with E-state index in [1.165, 1.54) is 0 Å².